The lowest BCUT2D eigenvalue weighted by Gasteiger charge is -2.09. The summed E-state index contributed by atoms with van der Waals surface area (Å²) in [5, 5.41) is 0. The summed E-state index contributed by atoms with van der Waals surface area (Å²) in [6, 6.07) is 17.2. The van der Waals surface area contributed by atoms with Gasteiger partial charge in [0.25, 0.3) is 0 Å². The van der Waals surface area contributed by atoms with Crippen molar-refractivity contribution in [2.24, 2.45) is 0 Å². The highest BCUT2D eigenvalue weighted by Crippen LogP contribution is 2.24. The third-order valence-corrected chi connectivity index (χ3v) is 5.07. The number of hydrogen-bond donors (Lipinski definition) is 1. The summed E-state index contributed by atoms with van der Waals surface area (Å²) in [6.45, 7) is 0.0971. The van der Waals surface area contributed by atoms with Crippen molar-refractivity contribution in [1.29, 1.82) is 0 Å². The molecule has 24 heavy (non-hydrogen) atoms. The fourth-order valence-corrected chi connectivity index (χ4v) is 3.37. The van der Waals surface area contributed by atoms with Gasteiger partial charge in [-0.05, 0) is 24.3 Å². The van der Waals surface area contributed by atoms with Crippen LogP contribution in [0, 0.1) is 0 Å². The number of aromatic nitrogens is 2. The summed E-state index contributed by atoms with van der Waals surface area (Å²) in [6.07, 6.45) is 1.22. The molecule has 1 aromatic heterocycles. The topological polar surface area (TPSA) is 95.2 Å². The predicted molar refractivity (Wildman–Crippen MR) is 89.1 cm³/mol. The summed E-state index contributed by atoms with van der Waals surface area (Å²) >= 11 is 0. The minimum Gasteiger partial charge on any atom is -0.486 e. The molecule has 2 aromatic carbocycles. The molecule has 0 bridgehead atoms. The van der Waals surface area contributed by atoms with Crippen molar-refractivity contribution in [3.05, 3.63) is 72.7 Å². The van der Waals surface area contributed by atoms with Crippen molar-refractivity contribution in [2.75, 3.05) is 5.73 Å². The van der Waals surface area contributed by atoms with Crippen molar-refractivity contribution in [3.8, 4) is 5.75 Å². The number of nitrogens with two attached hydrogens (primary N) is 1. The van der Waals surface area contributed by atoms with E-state index in [4.69, 9.17) is 10.5 Å². The second-order valence-electron chi connectivity index (χ2n) is 4.95. The summed E-state index contributed by atoms with van der Waals surface area (Å²) in [5.74, 6) is 0.879. The van der Waals surface area contributed by atoms with Gasteiger partial charge in [0.05, 0.1) is 11.1 Å². The first kappa shape index (κ1) is 15.9. The van der Waals surface area contributed by atoms with Crippen molar-refractivity contribution < 1.29 is 13.2 Å². The number of para-hydroxylation sites is 1. The molecule has 6 nitrogen and oxygen atoms in total. The van der Waals surface area contributed by atoms with Crippen molar-refractivity contribution in [2.45, 2.75) is 16.4 Å². The fraction of sp³-hybridized carbons (Fsp3) is 0.0588. The predicted octanol–water partition coefficient (Wildman–Crippen LogP) is 2.47. The molecule has 0 amide bonds. The molecule has 0 spiro atoms. The molecule has 122 valence electrons. The average molecular weight is 341 g/mol. The Bertz CT molecular complexity index is 930. The first-order chi connectivity index (χ1) is 11.6. The van der Waals surface area contributed by atoms with Gasteiger partial charge in [-0.15, -0.1) is 0 Å². The van der Waals surface area contributed by atoms with Crippen LogP contribution in [0.3, 0.4) is 0 Å². The van der Waals surface area contributed by atoms with Crippen LogP contribution in [0.25, 0.3) is 0 Å². The van der Waals surface area contributed by atoms with E-state index in [1.807, 2.05) is 18.2 Å². The maximum absolute atomic E-state index is 12.6. The van der Waals surface area contributed by atoms with Gasteiger partial charge in [0.15, 0.2) is 5.82 Å². The molecule has 2 N–H and O–H groups in total. The van der Waals surface area contributed by atoms with Crippen LogP contribution in [-0.4, -0.2) is 18.4 Å². The molecule has 1 heterocycles. The molecular formula is C17H15N3O3S. The van der Waals surface area contributed by atoms with Crippen LogP contribution in [0.4, 0.5) is 5.82 Å². The van der Waals surface area contributed by atoms with Crippen LogP contribution in [0.15, 0.2) is 76.7 Å². The van der Waals surface area contributed by atoms with Gasteiger partial charge < -0.3 is 10.5 Å². The average Bonchev–Trinajstić information content (AvgIpc) is 2.61. The summed E-state index contributed by atoms with van der Waals surface area (Å²) in [7, 11) is -3.74. The van der Waals surface area contributed by atoms with Gasteiger partial charge in [0, 0.05) is 0 Å². The lowest BCUT2D eigenvalue weighted by Crippen LogP contribution is -2.11. The first-order valence-corrected chi connectivity index (χ1v) is 8.65. The molecule has 0 saturated heterocycles. The van der Waals surface area contributed by atoms with E-state index in [1.54, 1.807) is 30.3 Å². The minimum atomic E-state index is -3.74. The Balaban J connectivity index is 1.83. The zero-order chi connectivity index (χ0) is 17.0. The molecule has 0 saturated carbocycles. The lowest BCUT2D eigenvalue weighted by molar-refractivity contribution is 0.295. The molecule has 7 heteroatoms. The van der Waals surface area contributed by atoms with E-state index in [2.05, 4.69) is 9.97 Å². The van der Waals surface area contributed by atoms with E-state index in [1.165, 1.54) is 18.3 Å². The van der Waals surface area contributed by atoms with Crippen LogP contribution < -0.4 is 10.5 Å². The van der Waals surface area contributed by atoms with Gasteiger partial charge in [0.1, 0.15) is 23.1 Å². The van der Waals surface area contributed by atoms with Gasteiger partial charge in [-0.25, -0.2) is 18.4 Å². The highest BCUT2D eigenvalue weighted by molar-refractivity contribution is 7.91. The highest BCUT2D eigenvalue weighted by atomic mass is 32.2. The molecule has 0 radical (unpaired) electrons. The maximum atomic E-state index is 12.6. The van der Waals surface area contributed by atoms with Crippen molar-refractivity contribution in [1.82, 2.24) is 9.97 Å². The smallest absolute Gasteiger partial charge is 0.211 e. The normalized spacial score (nSPS) is 11.2. The van der Waals surface area contributed by atoms with Crippen molar-refractivity contribution in [3.63, 3.8) is 0 Å². The fourth-order valence-electron chi connectivity index (χ4n) is 2.09. The number of nitrogen functional groups attached to an aromatic ring is 1. The monoisotopic (exact) mass is 341 g/mol. The largest absolute Gasteiger partial charge is 0.486 e. The van der Waals surface area contributed by atoms with Gasteiger partial charge in [-0.3, -0.25) is 0 Å². The Labute approximate surface area is 139 Å². The van der Waals surface area contributed by atoms with Crippen LogP contribution in [0.5, 0.6) is 5.75 Å². The molecule has 0 atom stereocenters. The zero-order valence-electron chi connectivity index (χ0n) is 12.7. The molecular weight excluding hydrogens is 326 g/mol. The number of ether oxygens (including phenoxy) is 1. The summed E-state index contributed by atoms with van der Waals surface area (Å²) < 4.78 is 30.6. The molecule has 0 aliphatic heterocycles. The van der Waals surface area contributed by atoms with Crippen LogP contribution in [-0.2, 0) is 16.4 Å². The van der Waals surface area contributed by atoms with E-state index in [0.717, 1.165) is 0 Å². The van der Waals surface area contributed by atoms with Crippen LogP contribution >= 0.6 is 0 Å². The Morgan fingerprint density at radius 1 is 0.958 bits per heavy atom. The van der Waals surface area contributed by atoms with E-state index < -0.39 is 9.84 Å². The summed E-state index contributed by atoms with van der Waals surface area (Å²) in [4.78, 5) is 8.13. The first-order valence-electron chi connectivity index (χ1n) is 7.17. The summed E-state index contributed by atoms with van der Waals surface area (Å²) in [5.41, 5.74) is 5.83. The molecule has 0 aliphatic carbocycles. The lowest BCUT2D eigenvalue weighted by atomic mass is 10.3. The second-order valence-corrected chi connectivity index (χ2v) is 6.87. The molecule has 3 aromatic rings. The third-order valence-electron chi connectivity index (χ3n) is 3.29. The Morgan fingerprint density at radius 3 is 2.21 bits per heavy atom. The van der Waals surface area contributed by atoms with E-state index in [9.17, 15) is 8.42 Å². The van der Waals surface area contributed by atoms with E-state index >= 15 is 0 Å². The SMILES string of the molecule is Nc1nc(COc2ccccc2)ncc1S(=O)(=O)c1ccccc1. The number of hydrogen-bond acceptors (Lipinski definition) is 6. The quantitative estimate of drug-likeness (QED) is 0.766. The standard InChI is InChI=1S/C17H15N3O3S/c18-17-15(24(21,22)14-9-5-2-6-10-14)11-19-16(20-17)12-23-13-7-3-1-4-8-13/h1-11H,12H2,(H2,18,19,20). The van der Waals surface area contributed by atoms with Gasteiger partial charge in [-0.1, -0.05) is 36.4 Å². The molecule has 0 aliphatic rings. The van der Waals surface area contributed by atoms with Gasteiger partial charge >= 0.3 is 0 Å². The maximum Gasteiger partial charge on any atom is 0.211 e. The van der Waals surface area contributed by atoms with Crippen molar-refractivity contribution >= 4 is 15.7 Å². The van der Waals surface area contributed by atoms with Gasteiger partial charge in [0.2, 0.25) is 9.84 Å². The number of sulfone groups is 1. The van der Waals surface area contributed by atoms with E-state index in [0.29, 0.717) is 11.6 Å². The Hall–Kier alpha value is -2.93. The number of anilines is 1. The van der Waals surface area contributed by atoms with Crippen LogP contribution in [0.2, 0.25) is 0 Å². The Kier molecular flexibility index (Phi) is 4.43. The molecule has 0 fully saturated rings. The van der Waals surface area contributed by atoms with E-state index in [-0.39, 0.29) is 22.2 Å². The molecule has 0 unspecified atom stereocenters. The zero-order valence-corrected chi connectivity index (χ0v) is 13.5. The minimum absolute atomic E-state index is 0.0967. The number of benzene rings is 2. The molecule has 3 rings (SSSR count). The Morgan fingerprint density at radius 2 is 1.58 bits per heavy atom. The van der Waals surface area contributed by atoms with Gasteiger partial charge in [-0.2, -0.15) is 0 Å². The highest BCUT2D eigenvalue weighted by Gasteiger charge is 2.22. The second kappa shape index (κ2) is 6.67. The number of rotatable bonds is 5. The number of nitrogens with zero attached hydrogens (tertiary/aromatic N) is 2. The third kappa shape index (κ3) is 3.36. The van der Waals surface area contributed by atoms with Crippen LogP contribution in [0.1, 0.15) is 5.82 Å².